The van der Waals surface area contributed by atoms with Gasteiger partial charge in [0.1, 0.15) is 5.69 Å². The van der Waals surface area contributed by atoms with E-state index in [1.165, 1.54) is 16.0 Å². The summed E-state index contributed by atoms with van der Waals surface area (Å²) in [5, 5.41) is 7.21. The lowest BCUT2D eigenvalue weighted by molar-refractivity contribution is 0.0626. The second kappa shape index (κ2) is 8.62. The Balaban J connectivity index is 1.34. The number of amides is 1. The quantitative estimate of drug-likeness (QED) is 0.634. The number of thiazole rings is 1. The van der Waals surface area contributed by atoms with Crippen LogP contribution >= 0.6 is 11.3 Å². The lowest BCUT2D eigenvalue weighted by Crippen LogP contribution is -2.49. The number of rotatable bonds is 5. The Morgan fingerprint density at radius 1 is 1.07 bits per heavy atom. The van der Waals surface area contributed by atoms with Gasteiger partial charge in [-0.1, -0.05) is 0 Å². The van der Waals surface area contributed by atoms with Gasteiger partial charge in [-0.2, -0.15) is 5.10 Å². The van der Waals surface area contributed by atoms with Gasteiger partial charge >= 0.3 is 0 Å². The first-order chi connectivity index (χ1) is 14.1. The highest BCUT2D eigenvalue weighted by Gasteiger charge is 2.23. The van der Waals surface area contributed by atoms with Crippen LogP contribution in [0.2, 0.25) is 0 Å². The van der Waals surface area contributed by atoms with Crippen molar-refractivity contribution in [2.75, 3.05) is 32.7 Å². The predicted molar refractivity (Wildman–Crippen MR) is 111 cm³/mol. The lowest BCUT2D eigenvalue weighted by Gasteiger charge is -2.34. The molecule has 0 N–H and O–H groups in total. The lowest BCUT2D eigenvalue weighted by atomic mass is 10.2. The fourth-order valence-corrected chi connectivity index (χ4v) is 3.91. The van der Waals surface area contributed by atoms with Gasteiger partial charge in [-0.25, -0.2) is 9.67 Å². The summed E-state index contributed by atoms with van der Waals surface area (Å²) in [5.41, 5.74) is 2.10. The SMILES string of the molecule is Cc1nc(C(=O)N2CCN(CCn3nc(-c4ccncc4)ccc3=O)CC2)cs1. The van der Waals surface area contributed by atoms with Gasteiger partial charge in [0.05, 0.1) is 17.2 Å². The van der Waals surface area contributed by atoms with Gasteiger partial charge in [0.25, 0.3) is 11.5 Å². The molecule has 0 aliphatic carbocycles. The first-order valence-electron chi connectivity index (χ1n) is 9.52. The van der Waals surface area contributed by atoms with E-state index in [2.05, 4.69) is 20.0 Å². The van der Waals surface area contributed by atoms with Crippen LogP contribution in [-0.2, 0) is 6.54 Å². The van der Waals surface area contributed by atoms with E-state index in [9.17, 15) is 9.59 Å². The summed E-state index contributed by atoms with van der Waals surface area (Å²) in [5.74, 6) is -0.00284. The monoisotopic (exact) mass is 410 g/mol. The van der Waals surface area contributed by atoms with Crippen LogP contribution in [0, 0.1) is 6.92 Å². The van der Waals surface area contributed by atoms with E-state index in [1.54, 1.807) is 24.5 Å². The summed E-state index contributed by atoms with van der Waals surface area (Å²) < 4.78 is 1.51. The van der Waals surface area contributed by atoms with E-state index in [0.29, 0.717) is 31.9 Å². The van der Waals surface area contributed by atoms with E-state index >= 15 is 0 Å². The molecule has 1 aliphatic heterocycles. The van der Waals surface area contributed by atoms with Gasteiger partial charge < -0.3 is 4.90 Å². The van der Waals surface area contributed by atoms with Crippen LogP contribution < -0.4 is 5.56 Å². The second-order valence-corrected chi connectivity index (χ2v) is 7.96. The van der Waals surface area contributed by atoms with Gasteiger partial charge in [-0.15, -0.1) is 11.3 Å². The minimum Gasteiger partial charge on any atom is -0.335 e. The highest BCUT2D eigenvalue weighted by Crippen LogP contribution is 2.14. The van der Waals surface area contributed by atoms with Crippen molar-refractivity contribution >= 4 is 17.2 Å². The topological polar surface area (TPSA) is 84.2 Å². The first-order valence-corrected chi connectivity index (χ1v) is 10.4. The molecule has 0 radical (unpaired) electrons. The number of nitrogens with zero attached hydrogens (tertiary/aromatic N) is 6. The Morgan fingerprint density at radius 2 is 1.83 bits per heavy atom. The smallest absolute Gasteiger partial charge is 0.273 e. The van der Waals surface area contributed by atoms with Gasteiger partial charge in [0.15, 0.2) is 0 Å². The maximum Gasteiger partial charge on any atom is 0.273 e. The van der Waals surface area contributed by atoms with Crippen molar-refractivity contribution in [1.82, 2.24) is 29.5 Å². The summed E-state index contributed by atoms with van der Waals surface area (Å²) in [4.78, 5) is 37.1. The molecule has 3 aromatic rings. The normalized spacial score (nSPS) is 14.9. The van der Waals surface area contributed by atoms with Crippen LogP contribution in [0.1, 0.15) is 15.5 Å². The molecule has 3 aromatic heterocycles. The van der Waals surface area contributed by atoms with Crippen LogP contribution in [0.25, 0.3) is 11.3 Å². The van der Waals surface area contributed by atoms with E-state index in [-0.39, 0.29) is 11.5 Å². The third kappa shape index (κ3) is 4.57. The Hall–Kier alpha value is -2.91. The fraction of sp³-hybridized carbons (Fsp3) is 0.350. The van der Waals surface area contributed by atoms with Gasteiger partial charge in [-0.3, -0.25) is 19.5 Å². The minimum atomic E-state index is -0.115. The number of carbonyl (C=O) groups is 1. The van der Waals surface area contributed by atoms with Crippen molar-refractivity contribution in [3.8, 4) is 11.3 Å². The number of carbonyl (C=O) groups excluding carboxylic acids is 1. The molecule has 1 saturated heterocycles. The molecule has 150 valence electrons. The van der Waals surface area contributed by atoms with Crippen molar-refractivity contribution in [3.63, 3.8) is 0 Å². The second-order valence-electron chi connectivity index (χ2n) is 6.90. The largest absolute Gasteiger partial charge is 0.335 e. The number of hydrogen-bond acceptors (Lipinski definition) is 7. The van der Waals surface area contributed by atoms with Gasteiger partial charge in [0, 0.05) is 62.1 Å². The average Bonchev–Trinajstić information content (AvgIpc) is 3.20. The molecule has 0 bridgehead atoms. The molecule has 0 unspecified atom stereocenters. The molecule has 1 amide bonds. The van der Waals surface area contributed by atoms with Crippen molar-refractivity contribution in [1.29, 1.82) is 0 Å². The molecule has 1 fully saturated rings. The third-order valence-electron chi connectivity index (χ3n) is 4.97. The Labute approximate surface area is 172 Å². The van der Waals surface area contributed by atoms with Crippen molar-refractivity contribution < 1.29 is 4.79 Å². The van der Waals surface area contributed by atoms with Gasteiger partial charge in [-0.05, 0) is 25.1 Å². The molecule has 0 atom stereocenters. The van der Waals surface area contributed by atoms with E-state index < -0.39 is 0 Å². The summed E-state index contributed by atoms with van der Waals surface area (Å²) >= 11 is 1.49. The van der Waals surface area contributed by atoms with Crippen molar-refractivity contribution in [2.45, 2.75) is 13.5 Å². The molecule has 1 aliphatic rings. The molecule has 9 heteroatoms. The molecular formula is C20H22N6O2S. The standard InChI is InChI=1S/C20H22N6O2S/c1-15-22-18(14-29-15)20(28)25-11-8-24(9-12-25)10-13-26-19(27)3-2-17(23-26)16-4-6-21-7-5-16/h2-7,14H,8-13H2,1H3. The summed E-state index contributed by atoms with van der Waals surface area (Å²) in [6.45, 7) is 5.99. The van der Waals surface area contributed by atoms with E-state index in [4.69, 9.17) is 0 Å². The Bertz CT molecular complexity index is 1040. The summed E-state index contributed by atoms with van der Waals surface area (Å²) in [6, 6.07) is 7.03. The molecule has 4 rings (SSSR count). The maximum absolute atomic E-state index is 12.5. The molecule has 8 nitrogen and oxygen atoms in total. The number of aromatic nitrogens is 4. The third-order valence-corrected chi connectivity index (χ3v) is 5.74. The number of hydrogen-bond donors (Lipinski definition) is 0. The van der Waals surface area contributed by atoms with Crippen LogP contribution in [-0.4, -0.2) is 68.2 Å². The average molecular weight is 411 g/mol. The highest BCUT2D eigenvalue weighted by atomic mass is 32.1. The maximum atomic E-state index is 12.5. The minimum absolute atomic E-state index is 0.00284. The first kappa shape index (κ1) is 19.4. The van der Waals surface area contributed by atoms with Crippen LogP contribution in [0.4, 0.5) is 0 Å². The van der Waals surface area contributed by atoms with Crippen LogP contribution in [0.15, 0.2) is 46.8 Å². The molecule has 29 heavy (non-hydrogen) atoms. The Kier molecular flexibility index (Phi) is 5.77. The summed E-state index contributed by atoms with van der Waals surface area (Å²) in [6.07, 6.45) is 3.42. The van der Waals surface area contributed by atoms with E-state index in [0.717, 1.165) is 29.4 Å². The van der Waals surface area contributed by atoms with Crippen molar-refractivity contribution in [2.24, 2.45) is 0 Å². The van der Waals surface area contributed by atoms with Crippen LogP contribution in [0.5, 0.6) is 0 Å². The zero-order chi connectivity index (χ0) is 20.2. The number of piperazine rings is 1. The number of pyridine rings is 1. The predicted octanol–water partition coefficient (Wildman–Crippen LogP) is 1.53. The highest BCUT2D eigenvalue weighted by molar-refractivity contribution is 7.09. The molecule has 0 spiro atoms. The van der Waals surface area contributed by atoms with Crippen molar-refractivity contribution in [3.05, 3.63) is 63.1 Å². The zero-order valence-corrected chi connectivity index (χ0v) is 17.0. The fourth-order valence-electron chi connectivity index (χ4n) is 3.32. The molecular weight excluding hydrogens is 388 g/mol. The van der Waals surface area contributed by atoms with Gasteiger partial charge in [0.2, 0.25) is 0 Å². The van der Waals surface area contributed by atoms with E-state index in [1.807, 2.05) is 29.3 Å². The summed E-state index contributed by atoms with van der Waals surface area (Å²) in [7, 11) is 0. The molecule has 0 saturated carbocycles. The zero-order valence-electron chi connectivity index (χ0n) is 16.2. The van der Waals surface area contributed by atoms with Crippen LogP contribution in [0.3, 0.4) is 0 Å². The Morgan fingerprint density at radius 3 is 2.52 bits per heavy atom. The number of aryl methyl sites for hydroxylation is 1. The molecule has 0 aromatic carbocycles. The molecule has 4 heterocycles.